The molecular weight excluding hydrogens is 474 g/mol. The third-order valence-corrected chi connectivity index (χ3v) is 7.67. The van der Waals surface area contributed by atoms with Crippen LogP contribution in [0.3, 0.4) is 0 Å². The van der Waals surface area contributed by atoms with Crippen molar-refractivity contribution in [2.75, 3.05) is 0 Å². The zero-order valence-electron chi connectivity index (χ0n) is 21.1. The molecule has 3 heteroatoms. The van der Waals surface area contributed by atoms with E-state index in [1.165, 1.54) is 27.2 Å². The molecule has 0 aliphatic rings. The van der Waals surface area contributed by atoms with E-state index in [1.807, 2.05) is 24.5 Å². The van der Waals surface area contributed by atoms with Crippen LogP contribution >= 0.6 is 0 Å². The number of para-hydroxylation sites is 1. The summed E-state index contributed by atoms with van der Waals surface area (Å²) in [7, 11) is 0. The third-order valence-electron chi connectivity index (χ3n) is 7.67. The number of hydrogen-bond acceptors (Lipinski definition) is 2. The minimum Gasteiger partial charge on any atom is -0.309 e. The van der Waals surface area contributed by atoms with E-state index >= 15 is 0 Å². The van der Waals surface area contributed by atoms with Crippen molar-refractivity contribution in [3.63, 3.8) is 0 Å². The van der Waals surface area contributed by atoms with Crippen molar-refractivity contribution in [1.82, 2.24) is 14.5 Å². The van der Waals surface area contributed by atoms with Gasteiger partial charge in [-0.2, -0.15) is 0 Å². The van der Waals surface area contributed by atoms with Gasteiger partial charge in [0, 0.05) is 45.2 Å². The zero-order chi connectivity index (χ0) is 25.8. The van der Waals surface area contributed by atoms with Gasteiger partial charge in [-0.3, -0.25) is 9.97 Å². The molecule has 3 heterocycles. The number of pyridine rings is 2. The van der Waals surface area contributed by atoms with E-state index in [9.17, 15) is 0 Å². The molecule has 182 valence electrons. The fourth-order valence-corrected chi connectivity index (χ4v) is 5.80. The molecule has 0 aliphatic carbocycles. The molecule has 0 spiro atoms. The topological polar surface area (TPSA) is 30.7 Å². The Hall–Kier alpha value is -5.28. The average Bonchev–Trinajstić information content (AvgIpc) is 3.35. The SMILES string of the molecule is c1ccc(-c2ccnc(-c3ccc4c5ccccc5n(-c5ccc6ccc7cccnc7c6c5)c4c3)c2)cc1. The summed E-state index contributed by atoms with van der Waals surface area (Å²) >= 11 is 0. The van der Waals surface area contributed by atoms with Crippen molar-refractivity contribution in [2.45, 2.75) is 0 Å². The third kappa shape index (κ3) is 3.52. The van der Waals surface area contributed by atoms with Crippen LogP contribution in [0.15, 0.2) is 140 Å². The second-order valence-electron chi connectivity index (χ2n) is 9.93. The summed E-state index contributed by atoms with van der Waals surface area (Å²) in [5, 5.41) is 5.96. The van der Waals surface area contributed by atoms with Crippen molar-refractivity contribution in [2.24, 2.45) is 0 Å². The predicted molar refractivity (Wildman–Crippen MR) is 162 cm³/mol. The number of benzene rings is 5. The van der Waals surface area contributed by atoms with E-state index in [0.29, 0.717) is 0 Å². The van der Waals surface area contributed by atoms with E-state index in [-0.39, 0.29) is 0 Å². The Morgan fingerprint density at radius 1 is 0.436 bits per heavy atom. The highest BCUT2D eigenvalue weighted by molar-refractivity contribution is 6.11. The maximum Gasteiger partial charge on any atom is 0.0781 e. The number of nitrogens with zero attached hydrogens (tertiary/aromatic N) is 3. The largest absolute Gasteiger partial charge is 0.309 e. The van der Waals surface area contributed by atoms with Crippen LogP contribution in [0.1, 0.15) is 0 Å². The van der Waals surface area contributed by atoms with E-state index in [1.54, 1.807) is 0 Å². The summed E-state index contributed by atoms with van der Waals surface area (Å²) in [6.45, 7) is 0. The van der Waals surface area contributed by atoms with Crippen molar-refractivity contribution in [1.29, 1.82) is 0 Å². The number of fused-ring (bicyclic) bond motifs is 6. The van der Waals surface area contributed by atoms with Gasteiger partial charge >= 0.3 is 0 Å². The van der Waals surface area contributed by atoms with Gasteiger partial charge in [0.2, 0.25) is 0 Å². The Morgan fingerprint density at radius 3 is 2.21 bits per heavy atom. The van der Waals surface area contributed by atoms with Crippen LogP contribution in [-0.2, 0) is 0 Å². The highest BCUT2D eigenvalue weighted by Crippen LogP contribution is 2.36. The molecule has 0 N–H and O–H groups in total. The summed E-state index contributed by atoms with van der Waals surface area (Å²) in [6.07, 6.45) is 3.77. The molecule has 8 aromatic rings. The van der Waals surface area contributed by atoms with Crippen LogP contribution < -0.4 is 0 Å². The molecule has 0 radical (unpaired) electrons. The molecular formula is C36H23N3. The van der Waals surface area contributed by atoms with Crippen molar-refractivity contribution in [3.05, 3.63) is 140 Å². The van der Waals surface area contributed by atoms with E-state index < -0.39 is 0 Å². The number of aromatic nitrogens is 3. The first-order valence-electron chi connectivity index (χ1n) is 13.2. The Morgan fingerprint density at radius 2 is 1.26 bits per heavy atom. The van der Waals surface area contributed by atoms with Gasteiger partial charge in [-0.25, -0.2) is 0 Å². The van der Waals surface area contributed by atoms with E-state index in [4.69, 9.17) is 9.97 Å². The Labute approximate surface area is 225 Å². The molecule has 0 amide bonds. The molecule has 0 atom stereocenters. The lowest BCUT2D eigenvalue weighted by Crippen LogP contribution is -1.95. The Kier molecular flexibility index (Phi) is 4.82. The molecule has 8 rings (SSSR count). The Bertz CT molecular complexity index is 2170. The van der Waals surface area contributed by atoms with E-state index in [2.05, 4.69) is 120 Å². The molecule has 0 fully saturated rings. The highest BCUT2D eigenvalue weighted by atomic mass is 15.0. The predicted octanol–water partition coefficient (Wildman–Crippen LogP) is 9.21. The number of rotatable bonds is 3. The molecule has 0 unspecified atom stereocenters. The molecule has 0 aliphatic heterocycles. The number of hydrogen-bond donors (Lipinski definition) is 0. The molecule has 5 aromatic carbocycles. The average molecular weight is 498 g/mol. The van der Waals surface area contributed by atoms with Gasteiger partial charge in [-0.1, -0.05) is 84.9 Å². The molecule has 3 nitrogen and oxygen atoms in total. The summed E-state index contributed by atoms with van der Waals surface area (Å²) in [4.78, 5) is 9.48. The smallest absolute Gasteiger partial charge is 0.0781 e. The Balaban J connectivity index is 1.37. The lowest BCUT2D eigenvalue weighted by molar-refractivity contribution is 1.18. The fourth-order valence-electron chi connectivity index (χ4n) is 5.80. The molecule has 0 saturated carbocycles. The van der Waals surface area contributed by atoms with Crippen molar-refractivity contribution in [3.8, 4) is 28.1 Å². The lowest BCUT2D eigenvalue weighted by Gasteiger charge is -2.11. The maximum absolute atomic E-state index is 4.76. The van der Waals surface area contributed by atoms with Crippen LogP contribution in [0, 0.1) is 0 Å². The monoisotopic (exact) mass is 497 g/mol. The summed E-state index contributed by atoms with van der Waals surface area (Å²) in [6, 6.07) is 45.2. The van der Waals surface area contributed by atoms with Gasteiger partial charge < -0.3 is 4.57 Å². The van der Waals surface area contributed by atoms with Crippen LogP contribution in [0.5, 0.6) is 0 Å². The lowest BCUT2D eigenvalue weighted by atomic mass is 10.0. The maximum atomic E-state index is 4.76. The van der Waals surface area contributed by atoms with Crippen molar-refractivity contribution < 1.29 is 0 Å². The van der Waals surface area contributed by atoms with Crippen LogP contribution in [-0.4, -0.2) is 14.5 Å². The van der Waals surface area contributed by atoms with Crippen molar-refractivity contribution >= 4 is 43.5 Å². The van der Waals surface area contributed by atoms with Gasteiger partial charge in [0.05, 0.1) is 22.2 Å². The molecule has 0 saturated heterocycles. The van der Waals surface area contributed by atoms with Crippen LogP contribution in [0.4, 0.5) is 0 Å². The quantitative estimate of drug-likeness (QED) is 0.228. The summed E-state index contributed by atoms with van der Waals surface area (Å²) in [5.74, 6) is 0. The van der Waals surface area contributed by atoms with Crippen LogP contribution in [0.25, 0.3) is 71.6 Å². The zero-order valence-corrected chi connectivity index (χ0v) is 21.1. The van der Waals surface area contributed by atoms with Gasteiger partial charge in [0.15, 0.2) is 0 Å². The first-order valence-corrected chi connectivity index (χ1v) is 13.2. The minimum absolute atomic E-state index is 0.962. The normalized spacial score (nSPS) is 11.6. The molecule has 0 bridgehead atoms. The second kappa shape index (κ2) is 8.64. The van der Waals surface area contributed by atoms with Gasteiger partial charge in [0.1, 0.15) is 0 Å². The minimum atomic E-state index is 0.962. The van der Waals surface area contributed by atoms with Gasteiger partial charge in [0.25, 0.3) is 0 Å². The van der Waals surface area contributed by atoms with Gasteiger partial charge in [-0.05, 0) is 59.0 Å². The second-order valence-corrected chi connectivity index (χ2v) is 9.93. The highest BCUT2D eigenvalue weighted by Gasteiger charge is 2.15. The molecule has 39 heavy (non-hydrogen) atoms. The van der Waals surface area contributed by atoms with E-state index in [0.717, 1.165) is 44.3 Å². The molecule has 3 aromatic heterocycles. The first-order chi connectivity index (χ1) is 19.3. The van der Waals surface area contributed by atoms with Crippen LogP contribution in [0.2, 0.25) is 0 Å². The van der Waals surface area contributed by atoms with Gasteiger partial charge in [-0.15, -0.1) is 0 Å². The summed E-state index contributed by atoms with van der Waals surface area (Å²) in [5.41, 5.74) is 8.90. The fraction of sp³-hybridized carbons (Fsp3) is 0. The summed E-state index contributed by atoms with van der Waals surface area (Å²) < 4.78 is 2.37. The standard InChI is InChI=1S/C36H23N3/c1-2-7-24(8-3-1)27-18-20-37-33(21-27)28-15-17-31-30-10-4-5-11-34(30)39(35(31)22-28)29-16-14-25-12-13-26-9-6-19-38-36(26)32(25)23-29/h1-23H. The first kappa shape index (κ1) is 21.8.